The van der Waals surface area contributed by atoms with E-state index in [4.69, 9.17) is 20.2 Å². The largest absolute Gasteiger partial charge is 0.494 e. The Morgan fingerprint density at radius 2 is 1.98 bits per heavy atom. The smallest absolute Gasteiger partial charge is 0.333 e. The van der Waals surface area contributed by atoms with Gasteiger partial charge in [-0.05, 0) is 68.1 Å². The van der Waals surface area contributed by atoms with E-state index in [-0.39, 0.29) is 47.0 Å². The molecule has 1 aliphatic heterocycles. The van der Waals surface area contributed by atoms with E-state index in [1.807, 2.05) is 0 Å². The molecule has 2 aromatic heterocycles. The maximum Gasteiger partial charge on any atom is 0.333 e. The number of benzene rings is 2. The van der Waals surface area contributed by atoms with Crippen LogP contribution in [0.1, 0.15) is 47.9 Å². The highest BCUT2D eigenvalue weighted by Gasteiger charge is 2.50. The first kappa shape index (κ1) is 28.5. The number of methoxy groups -OCH3 is 1. The molecule has 1 aliphatic carbocycles. The van der Waals surface area contributed by atoms with Crippen LogP contribution in [0, 0.1) is 11.7 Å². The molecule has 0 bridgehead atoms. The van der Waals surface area contributed by atoms with E-state index in [1.54, 1.807) is 13.0 Å². The lowest BCUT2D eigenvalue weighted by Gasteiger charge is -2.30. The van der Waals surface area contributed by atoms with Gasteiger partial charge in [0.2, 0.25) is 5.91 Å². The fourth-order valence-electron chi connectivity index (χ4n) is 5.44. The van der Waals surface area contributed by atoms with Gasteiger partial charge in [-0.1, -0.05) is 0 Å². The molecule has 43 heavy (non-hydrogen) atoms. The number of primary amides is 1. The monoisotopic (exact) mass is 595 g/mol. The Hall–Kier alpha value is -4.65. The van der Waals surface area contributed by atoms with Crippen molar-refractivity contribution in [3.63, 3.8) is 0 Å². The maximum absolute atomic E-state index is 13.7. The van der Waals surface area contributed by atoms with Crippen LogP contribution in [0.15, 0.2) is 48.7 Å². The lowest BCUT2D eigenvalue weighted by Crippen LogP contribution is -2.44. The summed E-state index contributed by atoms with van der Waals surface area (Å²) in [5.74, 6) is -1.49. The Morgan fingerprint density at radius 1 is 1.26 bits per heavy atom. The molecule has 4 N–H and O–H groups in total. The molecule has 13 heteroatoms. The van der Waals surface area contributed by atoms with Crippen LogP contribution in [0.4, 0.5) is 13.2 Å². The molecule has 224 valence electrons. The maximum atomic E-state index is 13.7. The molecule has 0 spiro atoms. The molecule has 1 unspecified atom stereocenters. The van der Waals surface area contributed by atoms with E-state index in [0.717, 1.165) is 6.20 Å². The number of nitrogens with one attached hydrogen (secondary N) is 1. The molecular weight excluding hydrogens is 567 g/mol. The molecule has 1 fully saturated rings. The molecule has 2 atom stereocenters. The Bertz CT molecular complexity index is 1760. The van der Waals surface area contributed by atoms with Crippen molar-refractivity contribution in [3.05, 3.63) is 71.3 Å². The summed E-state index contributed by atoms with van der Waals surface area (Å²) in [7, 11) is 1.34. The number of halogens is 3. The molecule has 0 radical (unpaired) electrons. The van der Waals surface area contributed by atoms with Crippen LogP contribution in [-0.2, 0) is 15.8 Å². The standard InChI is InChI=1S/C30H28F3N5O5/c1-29(27(34)40)14-43-25-20(29)11-22(36-24(25)15-3-7-19(31)8-4-15)30(41,18-5-6-18)13-35-26(39)16-9-17-12-38(28(32)33)37-23(17)21(10-16)42-2/h3-4,7-12,18,28,41H,5-6,13-14H2,1-2H3,(H2,34,40)(H,35,39)/t29-,30?/m0/s1. The van der Waals surface area contributed by atoms with Crippen LogP contribution in [0.2, 0.25) is 0 Å². The van der Waals surface area contributed by atoms with Crippen LogP contribution in [0.5, 0.6) is 11.5 Å². The van der Waals surface area contributed by atoms with Gasteiger partial charge in [0.05, 0.1) is 19.3 Å². The van der Waals surface area contributed by atoms with Gasteiger partial charge in [0.1, 0.15) is 46.1 Å². The third-order valence-corrected chi connectivity index (χ3v) is 8.22. The quantitative estimate of drug-likeness (QED) is 0.267. The molecule has 1 saturated carbocycles. The van der Waals surface area contributed by atoms with Gasteiger partial charge in [0, 0.05) is 28.3 Å². The van der Waals surface area contributed by atoms with E-state index >= 15 is 0 Å². The lowest BCUT2D eigenvalue weighted by molar-refractivity contribution is -0.123. The van der Waals surface area contributed by atoms with Gasteiger partial charge < -0.3 is 25.6 Å². The highest BCUT2D eigenvalue weighted by molar-refractivity contribution is 6.00. The van der Waals surface area contributed by atoms with Crippen LogP contribution in [0.3, 0.4) is 0 Å². The molecule has 0 saturated heterocycles. The van der Waals surface area contributed by atoms with Crippen LogP contribution >= 0.6 is 0 Å². The zero-order valence-corrected chi connectivity index (χ0v) is 23.2. The van der Waals surface area contributed by atoms with Crippen LogP contribution in [-0.4, -0.2) is 51.9 Å². The van der Waals surface area contributed by atoms with Crippen molar-refractivity contribution >= 4 is 22.7 Å². The molecule has 4 aromatic rings. The summed E-state index contributed by atoms with van der Waals surface area (Å²) in [6.45, 7) is -1.53. The first-order valence-electron chi connectivity index (χ1n) is 13.5. The molecule has 10 nitrogen and oxygen atoms in total. The number of nitrogens with two attached hydrogens (primary N) is 1. The summed E-state index contributed by atoms with van der Waals surface area (Å²) >= 11 is 0. The predicted molar refractivity (Wildman–Crippen MR) is 148 cm³/mol. The first-order valence-corrected chi connectivity index (χ1v) is 13.5. The highest BCUT2D eigenvalue weighted by atomic mass is 19.3. The Kier molecular flexibility index (Phi) is 6.79. The fourth-order valence-corrected chi connectivity index (χ4v) is 5.44. The minimum absolute atomic E-state index is 0.0396. The van der Waals surface area contributed by atoms with E-state index in [0.29, 0.717) is 40.1 Å². The van der Waals surface area contributed by atoms with Crippen molar-refractivity contribution in [1.82, 2.24) is 20.1 Å². The minimum Gasteiger partial charge on any atom is -0.494 e. The molecule has 2 amide bonds. The van der Waals surface area contributed by atoms with Crippen molar-refractivity contribution in [3.8, 4) is 22.8 Å². The highest BCUT2D eigenvalue weighted by Crippen LogP contribution is 2.50. The van der Waals surface area contributed by atoms with Gasteiger partial charge in [0.15, 0.2) is 0 Å². The second-order valence-electron chi connectivity index (χ2n) is 11.1. The summed E-state index contributed by atoms with van der Waals surface area (Å²) < 4.78 is 51.8. The number of hydrogen-bond acceptors (Lipinski definition) is 7. The molecule has 2 aromatic carbocycles. The van der Waals surface area contributed by atoms with Crippen molar-refractivity contribution in [1.29, 1.82) is 0 Å². The summed E-state index contributed by atoms with van der Waals surface area (Å²) in [5, 5.41) is 18.9. The van der Waals surface area contributed by atoms with Crippen molar-refractivity contribution < 1.29 is 37.3 Å². The van der Waals surface area contributed by atoms with E-state index in [9.17, 15) is 27.9 Å². The average molecular weight is 596 g/mol. The third-order valence-electron chi connectivity index (χ3n) is 8.22. The first-order chi connectivity index (χ1) is 20.4. The number of carbonyl (C=O) groups excluding carboxylic acids is 2. The van der Waals surface area contributed by atoms with Crippen LogP contribution < -0.4 is 20.5 Å². The number of aromatic nitrogens is 3. The fraction of sp³-hybridized carbons (Fsp3) is 0.333. The molecule has 2 aliphatic rings. The Labute approximate surface area is 243 Å². The second-order valence-corrected chi connectivity index (χ2v) is 11.1. The molecular formula is C30H28F3N5O5. The number of pyridine rings is 1. The minimum atomic E-state index is -2.87. The van der Waals surface area contributed by atoms with Gasteiger partial charge in [-0.2, -0.15) is 13.9 Å². The zero-order chi connectivity index (χ0) is 30.7. The van der Waals surface area contributed by atoms with E-state index in [1.165, 1.54) is 43.5 Å². The SMILES string of the molecule is COc1cc(C(=O)NCC(O)(c2cc3c(c(-c4ccc(F)cc4)n2)OC[C@]3(C)C(N)=O)C2CC2)cc2cn(C(F)F)nc12. The number of alkyl halides is 2. The van der Waals surface area contributed by atoms with E-state index in [2.05, 4.69) is 10.4 Å². The molecule has 3 heterocycles. The lowest BCUT2D eigenvalue weighted by atomic mass is 9.81. The number of ether oxygens (including phenoxy) is 2. The van der Waals surface area contributed by atoms with Gasteiger partial charge in [-0.25, -0.2) is 14.1 Å². The topological polar surface area (TPSA) is 142 Å². The van der Waals surface area contributed by atoms with Crippen molar-refractivity contribution in [2.75, 3.05) is 20.3 Å². The number of hydrogen-bond donors (Lipinski definition) is 3. The van der Waals surface area contributed by atoms with Crippen molar-refractivity contribution in [2.24, 2.45) is 11.7 Å². The average Bonchev–Trinajstić information content (AvgIpc) is 3.67. The number of nitrogens with zero attached hydrogens (tertiary/aromatic N) is 3. The third kappa shape index (κ3) is 4.83. The van der Waals surface area contributed by atoms with Gasteiger partial charge >= 0.3 is 6.55 Å². The summed E-state index contributed by atoms with van der Waals surface area (Å²) in [5.41, 5.74) is 4.59. The number of rotatable bonds is 9. The number of fused-ring (bicyclic) bond motifs is 2. The second kappa shape index (κ2) is 10.3. The Morgan fingerprint density at radius 3 is 2.60 bits per heavy atom. The zero-order valence-electron chi connectivity index (χ0n) is 23.2. The normalized spacial score (nSPS) is 19.1. The summed E-state index contributed by atoms with van der Waals surface area (Å²) in [6.07, 6.45) is 2.43. The van der Waals surface area contributed by atoms with Gasteiger partial charge in [-0.3, -0.25) is 9.59 Å². The van der Waals surface area contributed by atoms with Gasteiger partial charge in [-0.15, -0.1) is 0 Å². The van der Waals surface area contributed by atoms with E-state index < -0.39 is 35.2 Å². The predicted octanol–water partition coefficient (Wildman–Crippen LogP) is 3.80. The Balaban J connectivity index is 1.38. The number of aliphatic hydroxyl groups is 1. The number of amides is 2. The summed E-state index contributed by atoms with van der Waals surface area (Å²) in [6, 6.07) is 9.94. The van der Waals surface area contributed by atoms with Gasteiger partial charge in [0.25, 0.3) is 5.91 Å². The summed E-state index contributed by atoms with van der Waals surface area (Å²) in [4.78, 5) is 30.6. The number of carbonyl (C=O) groups is 2. The van der Waals surface area contributed by atoms with Crippen LogP contribution in [0.25, 0.3) is 22.2 Å². The molecule has 6 rings (SSSR count). The van der Waals surface area contributed by atoms with Crippen molar-refractivity contribution in [2.45, 2.75) is 37.3 Å².